The van der Waals surface area contributed by atoms with E-state index in [2.05, 4.69) is 5.32 Å². The van der Waals surface area contributed by atoms with Gasteiger partial charge in [-0.3, -0.25) is 14.9 Å². The van der Waals surface area contributed by atoms with Crippen LogP contribution in [0, 0.1) is 10.1 Å². The van der Waals surface area contributed by atoms with Gasteiger partial charge in [0, 0.05) is 23.4 Å². The molecule has 0 heterocycles. The molecule has 0 atom stereocenters. The van der Waals surface area contributed by atoms with E-state index in [1.54, 1.807) is 12.1 Å². The lowest BCUT2D eigenvalue weighted by Gasteiger charge is -2.13. The van der Waals surface area contributed by atoms with Crippen LogP contribution in [0.5, 0.6) is 0 Å². The van der Waals surface area contributed by atoms with Gasteiger partial charge in [-0.15, -0.1) is 3.89 Å². The van der Waals surface area contributed by atoms with Crippen LogP contribution in [0.2, 0.25) is 0 Å². The quantitative estimate of drug-likeness (QED) is 0.128. The van der Waals surface area contributed by atoms with Crippen LogP contribution in [0.4, 0.5) is 15.3 Å². The summed E-state index contributed by atoms with van der Waals surface area (Å²) in [6.07, 6.45) is 1.61. The molecule has 1 amide bonds. The number of hydrogen-bond acceptors (Lipinski definition) is 5. The van der Waals surface area contributed by atoms with Gasteiger partial charge >= 0.3 is 10.2 Å². The van der Waals surface area contributed by atoms with Crippen molar-refractivity contribution >= 4 is 49.9 Å². The summed E-state index contributed by atoms with van der Waals surface area (Å²) in [7, 11) is -4.85. The van der Waals surface area contributed by atoms with Crippen molar-refractivity contribution in [2.45, 2.75) is 4.90 Å². The Morgan fingerprint density at radius 2 is 1.53 bits per heavy atom. The van der Waals surface area contributed by atoms with Gasteiger partial charge in [0.25, 0.3) is 11.6 Å². The van der Waals surface area contributed by atoms with Gasteiger partial charge in [-0.05, 0) is 64.4 Å². The van der Waals surface area contributed by atoms with Crippen molar-refractivity contribution < 1.29 is 22.0 Å². The number of halogens is 1. The molecule has 0 radical (unpaired) electrons. The lowest BCUT2D eigenvalue weighted by atomic mass is 9.96. The van der Waals surface area contributed by atoms with Gasteiger partial charge in [0.05, 0.1) is 9.82 Å². The molecule has 0 bridgehead atoms. The second-order valence-electron chi connectivity index (χ2n) is 7.35. The molecule has 0 spiro atoms. The molecule has 170 valence electrons. The fraction of sp³-hybridized carbons (Fsp3) is 0. The highest BCUT2D eigenvalue weighted by Crippen LogP contribution is 2.29. The van der Waals surface area contributed by atoms with Crippen LogP contribution in [-0.2, 0) is 15.0 Å². The van der Waals surface area contributed by atoms with Crippen molar-refractivity contribution in [3.8, 4) is 0 Å². The summed E-state index contributed by atoms with van der Waals surface area (Å²) in [6.45, 7) is 0. The molecule has 0 aliphatic carbocycles. The number of nitro benzene ring substituents is 1. The normalized spacial score (nSPS) is 11.9. The number of non-ortho nitro benzene ring substituents is 1. The molecule has 1 N–H and O–H groups in total. The fourth-order valence-corrected chi connectivity index (χ4v) is 3.95. The number of nitro groups is 1. The topological polar surface area (TPSA) is 106 Å². The Kier molecular flexibility index (Phi) is 6.20. The summed E-state index contributed by atoms with van der Waals surface area (Å²) < 4.78 is 35.3. The summed E-state index contributed by atoms with van der Waals surface area (Å²) in [5.41, 5.74) is 1.69. The van der Waals surface area contributed by atoms with Gasteiger partial charge < -0.3 is 5.32 Å². The number of benzene rings is 4. The number of carbonyl (C=O) groups is 1. The third-order valence-corrected chi connectivity index (χ3v) is 5.97. The number of carbonyl (C=O) groups excluding carboxylic acids is 1. The molecule has 0 aliphatic rings. The highest BCUT2D eigenvalue weighted by molar-refractivity contribution is 7.86. The van der Waals surface area contributed by atoms with E-state index in [0.717, 1.165) is 22.9 Å². The minimum atomic E-state index is -4.85. The van der Waals surface area contributed by atoms with Gasteiger partial charge in [0.2, 0.25) is 0 Å². The van der Waals surface area contributed by atoms with E-state index in [1.807, 2.05) is 36.4 Å². The van der Waals surface area contributed by atoms with Crippen molar-refractivity contribution in [1.82, 2.24) is 0 Å². The van der Waals surface area contributed by atoms with Gasteiger partial charge in [-0.25, -0.2) is 0 Å². The van der Waals surface area contributed by atoms with E-state index in [4.69, 9.17) is 0 Å². The zero-order valence-electron chi connectivity index (χ0n) is 17.5. The highest BCUT2D eigenvalue weighted by Gasteiger charge is 2.17. The molecule has 34 heavy (non-hydrogen) atoms. The van der Waals surface area contributed by atoms with E-state index >= 15 is 0 Å². The monoisotopic (exact) mass is 476 g/mol. The number of nitrogens with zero attached hydrogens (tertiary/aromatic N) is 1. The van der Waals surface area contributed by atoms with Gasteiger partial charge in [0.15, 0.2) is 0 Å². The molecular formula is C25H17FN2O5S. The van der Waals surface area contributed by atoms with Crippen LogP contribution >= 0.6 is 0 Å². The maximum Gasteiger partial charge on any atom is 0.332 e. The molecule has 7 nitrogen and oxygen atoms in total. The maximum atomic E-state index is 13.3. The van der Waals surface area contributed by atoms with Gasteiger partial charge in [-0.1, -0.05) is 42.5 Å². The zero-order valence-corrected chi connectivity index (χ0v) is 18.3. The number of amides is 1. The Labute approximate surface area is 194 Å². The predicted octanol–water partition coefficient (Wildman–Crippen LogP) is 5.59. The van der Waals surface area contributed by atoms with Crippen molar-refractivity contribution in [1.29, 1.82) is 0 Å². The molecule has 4 aromatic carbocycles. The summed E-state index contributed by atoms with van der Waals surface area (Å²) in [5, 5.41) is 15.4. The smallest absolute Gasteiger partial charge is 0.322 e. The Hall–Kier alpha value is -4.37. The van der Waals surface area contributed by atoms with Gasteiger partial charge in [-0.2, -0.15) is 8.42 Å². The molecule has 0 unspecified atom stereocenters. The molecule has 0 aromatic heterocycles. The summed E-state index contributed by atoms with van der Waals surface area (Å²) in [5.74, 6) is -0.495. The second-order valence-corrected chi connectivity index (χ2v) is 8.70. The van der Waals surface area contributed by atoms with E-state index in [1.165, 1.54) is 36.4 Å². The number of rotatable bonds is 6. The summed E-state index contributed by atoms with van der Waals surface area (Å²) >= 11 is 0. The summed E-state index contributed by atoms with van der Waals surface area (Å²) in [6, 6.07) is 23.5. The third kappa shape index (κ3) is 5.00. The molecule has 4 aromatic rings. The lowest BCUT2D eigenvalue weighted by Crippen LogP contribution is -2.14. The van der Waals surface area contributed by atoms with Crippen molar-refractivity contribution in [2.24, 2.45) is 0 Å². The van der Waals surface area contributed by atoms with E-state index < -0.39 is 25.9 Å². The first-order valence-corrected chi connectivity index (χ1v) is 11.4. The average Bonchev–Trinajstić information content (AvgIpc) is 2.82. The number of fused-ring (bicyclic) bond motifs is 1. The molecule has 0 aliphatic heterocycles. The summed E-state index contributed by atoms with van der Waals surface area (Å²) in [4.78, 5) is 23.3. The lowest BCUT2D eigenvalue weighted by molar-refractivity contribution is -0.384. The molecule has 0 fully saturated rings. The third-order valence-electron chi connectivity index (χ3n) is 5.13. The van der Waals surface area contributed by atoms with Crippen molar-refractivity contribution in [3.63, 3.8) is 0 Å². The first-order chi connectivity index (χ1) is 16.2. The molecule has 0 saturated heterocycles. The van der Waals surface area contributed by atoms with E-state index in [-0.39, 0.29) is 16.9 Å². The largest absolute Gasteiger partial charge is 0.332 e. The van der Waals surface area contributed by atoms with Crippen LogP contribution in [-0.4, -0.2) is 19.2 Å². The van der Waals surface area contributed by atoms with Crippen LogP contribution in [0.3, 0.4) is 0 Å². The fourth-order valence-electron chi connectivity index (χ4n) is 3.48. The van der Waals surface area contributed by atoms with Crippen LogP contribution in [0.15, 0.2) is 95.9 Å². The van der Waals surface area contributed by atoms with Crippen molar-refractivity contribution in [2.75, 3.05) is 5.32 Å². The first-order valence-electron chi connectivity index (χ1n) is 10.0. The minimum Gasteiger partial charge on any atom is -0.322 e. The maximum absolute atomic E-state index is 13.3. The Balaban J connectivity index is 1.77. The van der Waals surface area contributed by atoms with E-state index in [0.29, 0.717) is 11.1 Å². The van der Waals surface area contributed by atoms with E-state index in [9.17, 15) is 27.2 Å². The van der Waals surface area contributed by atoms with Crippen LogP contribution < -0.4 is 5.32 Å². The average molecular weight is 476 g/mol. The molecular weight excluding hydrogens is 459 g/mol. The van der Waals surface area contributed by atoms with Crippen molar-refractivity contribution in [3.05, 3.63) is 112 Å². The second kappa shape index (κ2) is 9.24. The first kappa shape index (κ1) is 22.8. The van der Waals surface area contributed by atoms with Crippen LogP contribution in [0.25, 0.3) is 22.4 Å². The number of anilines is 1. The van der Waals surface area contributed by atoms with Crippen LogP contribution in [0.1, 0.15) is 11.1 Å². The Bertz CT molecular complexity index is 1520. The molecule has 9 heteroatoms. The SMILES string of the molecule is O=C(Nc1ccc(S(=O)(=O)F)cc1)/C(=C\c1ccc([N+](=O)[O-])cc1)c1cccc2ccccc12. The molecule has 4 rings (SSSR count). The van der Waals surface area contributed by atoms with Gasteiger partial charge in [0.1, 0.15) is 0 Å². The number of nitrogens with one attached hydrogen (secondary N) is 1. The molecule has 0 saturated carbocycles. The Morgan fingerprint density at radius 1 is 0.882 bits per heavy atom. The number of hydrogen-bond donors (Lipinski definition) is 1. The highest BCUT2D eigenvalue weighted by atomic mass is 32.3. The minimum absolute atomic E-state index is 0.0729. The predicted molar refractivity (Wildman–Crippen MR) is 128 cm³/mol. The standard InChI is InChI=1S/C25H17FN2O5S/c26-34(32,33)21-14-10-19(11-15-21)27-25(29)24(16-17-8-12-20(13-9-17)28(30)31)23-7-3-5-18-4-1-2-6-22(18)23/h1-16H,(H,27,29)/b24-16-. The zero-order chi connectivity index (χ0) is 24.3. The Morgan fingerprint density at radius 3 is 2.18 bits per heavy atom.